The van der Waals surface area contributed by atoms with Crippen LogP contribution in [0.15, 0.2) is 24.3 Å². The Kier molecular flexibility index (Phi) is 3.17. The molecule has 0 saturated carbocycles. The molecule has 0 radical (unpaired) electrons. The third-order valence-corrected chi connectivity index (χ3v) is 2.97. The van der Waals surface area contributed by atoms with Crippen molar-refractivity contribution < 1.29 is 4.84 Å². The van der Waals surface area contributed by atoms with Gasteiger partial charge in [0.05, 0.1) is 7.11 Å². The standard InChI is InChI=1S/C12H17NO/c1-14-13-9-11-7-4-6-10-5-2-3-8-12(10)11/h2-3,5,8,11,13H,4,6-7,9H2,1H3/t11-/m1/s1. The topological polar surface area (TPSA) is 21.3 Å². The molecule has 1 atom stereocenters. The number of benzene rings is 1. The van der Waals surface area contributed by atoms with Crippen molar-refractivity contribution in [2.75, 3.05) is 13.7 Å². The Balaban J connectivity index is 2.14. The van der Waals surface area contributed by atoms with E-state index < -0.39 is 0 Å². The molecule has 1 aromatic rings. The van der Waals surface area contributed by atoms with Gasteiger partial charge in [0.25, 0.3) is 0 Å². The third-order valence-electron chi connectivity index (χ3n) is 2.97. The molecule has 1 aliphatic rings. The number of rotatable bonds is 3. The van der Waals surface area contributed by atoms with Crippen molar-refractivity contribution in [2.24, 2.45) is 0 Å². The van der Waals surface area contributed by atoms with E-state index in [1.807, 2.05) is 0 Å². The highest BCUT2D eigenvalue weighted by Gasteiger charge is 2.18. The summed E-state index contributed by atoms with van der Waals surface area (Å²) < 4.78 is 0. The maximum atomic E-state index is 4.91. The van der Waals surface area contributed by atoms with E-state index in [0.29, 0.717) is 5.92 Å². The van der Waals surface area contributed by atoms with Crippen molar-refractivity contribution in [3.05, 3.63) is 35.4 Å². The lowest BCUT2D eigenvalue weighted by Gasteiger charge is -2.25. The number of hydrogen-bond acceptors (Lipinski definition) is 2. The van der Waals surface area contributed by atoms with Gasteiger partial charge < -0.3 is 4.84 Å². The van der Waals surface area contributed by atoms with E-state index in [9.17, 15) is 0 Å². The summed E-state index contributed by atoms with van der Waals surface area (Å²) in [7, 11) is 1.68. The molecule has 76 valence electrons. The molecule has 2 rings (SSSR count). The summed E-state index contributed by atoms with van der Waals surface area (Å²) in [5.41, 5.74) is 5.98. The molecule has 0 aliphatic heterocycles. The molecule has 0 spiro atoms. The fourth-order valence-electron chi connectivity index (χ4n) is 2.25. The van der Waals surface area contributed by atoms with Gasteiger partial charge in [-0.15, -0.1) is 0 Å². The highest BCUT2D eigenvalue weighted by Crippen LogP contribution is 2.30. The number of hydroxylamine groups is 1. The number of hydrogen-bond donors (Lipinski definition) is 1. The number of aryl methyl sites for hydroxylation is 1. The van der Waals surface area contributed by atoms with Crippen LogP contribution < -0.4 is 5.48 Å². The Labute approximate surface area is 85.2 Å². The third kappa shape index (κ3) is 1.97. The average Bonchev–Trinajstić information content (AvgIpc) is 2.26. The molecular formula is C12H17NO. The molecule has 0 fully saturated rings. The maximum absolute atomic E-state index is 4.91. The lowest BCUT2D eigenvalue weighted by Crippen LogP contribution is -2.23. The minimum absolute atomic E-state index is 0.625. The predicted octanol–water partition coefficient (Wildman–Crippen LogP) is 2.26. The first-order chi connectivity index (χ1) is 6.92. The highest BCUT2D eigenvalue weighted by atomic mass is 16.6. The molecule has 0 unspecified atom stereocenters. The molecule has 0 amide bonds. The zero-order valence-corrected chi connectivity index (χ0v) is 8.62. The van der Waals surface area contributed by atoms with Gasteiger partial charge in [-0.2, -0.15) is 0 Å². The largest absolute Gasteiger partial charge is 0.305 e. The molecule has 1 aromatic carbocycles. The number of nitrogens with one attached hydrogen (secondary N) is 1. The maximum Gasteiger partial charge on any atom is 0.0572 e. The Morgan fingerprint density at radius 1 is 1.43 bits per heavy atom. The smallest absolute Gasteiger partial charge is 0.0572 e. The summed E-state index contributed by atoms with van der Waals surface area (Å²) in [4.78, 5) is 4.91. The normalized spacial score (nSPS) is 20.5. The second-order valence-electron chi connectivity index (χ2n) is 3.84. The molecule has 0 saturated heterocycles. The minimum atomic E-state index is 0.625. The minimum Gasteiger partial charge on any atom is -0.305 e. The molecular weight excluding hydrogens is 174 g/mol. The van der Waals surface area contributed by atoms with Gasteiger partial charge in [-0.05, 0) is 36.3 Å². The first-order valence-corrected chi connectivity index (χ1v) is 5.25. The van der Waals surface area contributed by atoms with Crippen LogP contribution in [0.3, 0.4) is 0 Å². The van der Waals surface area contributed by atoms with Gasteiger partial charge in [0, 0.05) is 6.54 Å². The van der Waals surface area contributed by atoms with Crippen LogP contribution in [0.4, 0.5) is 0 Å². The summed E-state index contributed by atoms with van der Waals surface area (Å²) in [6.45, 7) is 0.924. The van der Waals surface area contributed by atoms with Gasteiger partial charge in [-0.1, -0.05) is 24.3 Å². The first-order valence-electron chi connectivity index (χ1n) is 5.25. The fraction of sp³-hybridized carbons (Fsp3) is 0.500. The van der Waals surface area contributed by atoms with E-state index in [4.69, 9.17) is 4.84 Å². The van der Waals surface area contributed by atoms with Crippen LogP contribution in [0.2, 0.25) is 0 Å². The van der Waals surface area contributed by atoms with Gasteiger partial charge in [0.1, 0.15) is 0 Å². The predicted molar refractivity (Wildman–Crippen MR) is 57.1 cm³/mol. The van der Waals surface area contributed by atoms with Crippen LogP contribution in [0.5, 0.6) is 0 Å². The fourth-order valence-corrected chi connectivity index (χ4v) is 2.25. The molecule has 2 heteroatoms. The molecule has 1 aliphatic carbocycles. The number of fused-ring (bicyclic) bond motifs is 1. The lowest BCUT2D eigenvalue weighted by molar-refractivity contribution is 0.0856. The average molecular weight is 191 g/mol. The lowest BCUT2D eigenvalue weighted by atomic mass is 9.83. The summed E-state index contributed by atoms with van der Waals surface area (Å²) in [6.07, 6.45) is 3.81. The van der Waals surface area contributed by atoms with Crippen LogP contribution in [-0.2, 0) is 11.3 Å². The summed E-state index contributed by atoms with van der Waals surface area (Å²) in [5.74, 6) is 0.625. The van der Waals surface area contributed by atoms with E-state index in [1.165, 1.54) is 30.4 Å². The van der Waals surface area contributed by atoms with Crippen LogP contribution >= 0.6 is 0 Å². The zero-order chi connectivity index (χ0) is 9.80. The highest BCUT2D eigenvalue weighted by molar-refractivity contribution is 5.32. The second kappa shape index (κ2) is 4.58. The Hall–Kier alpha value is -0.860. The van der Waals surface area contributed by atoms with Crippen molar-refractivity contribution in [3.63, 3.8) is 0 Å². The van der Waals surface area contributed by atoms with Gasteiger partial charge >= 0.3 is 0 Å². The first kappa shape index (κ1) is 9.69. The Bertz CT molecular complexity index is 298. The van der Waals surface area contributed by atoms with Gasteiger partial charge in [0.2, 0.25) is 0 Å². The van der Waals surface area contributed by atoms with Crippen LogP contribution in [0.25, 0.3) is 0 Å². The van der Waals surface area contributed by atoms with E-state index in [0.717, 1.165) is 6.54 Å². The zero-order valence-electron chi connectivity index (χ0n) is 8.62. The Morgan fingerprint density at radius 2 is 2.29 bits per heavy atom. The second-order valence-corrected chi connectivity index (χ2v) is 3.84. The van der Waals surface area contributed by atoms with Crippen LogP contribution in [-0.4, -0.2) is 13.7 Å². The van der Waals surface area contributed by atoms with E-state index in [1.54, 1.807) is 7.11 Å². The van der Waals surface area contributed by atoms with Crippen molar-refractivity contribution in [1.82, 2.24) is 5.48 Å². The van der Waals surface area contributed by atoms with Crippen LogP contribution in [0, 0.1) is 0 Å². The van der Waals surface area contributed by atoms with Gasteiger partial charge in [-0.25, -0.2) is 5.48 Å². The monoisotopic (exact) mass is 191 g/mol. The van der Waals surface area contributed by atoms with E-state index in [2.05, 4.69) is 29.7 Å². The molecule has 0 bridgehead atoms. The molecule has 2 nitrogen and oxygen atoms in total. The van der Waals surface area contributed by atoms with Crippen LogP contribution in [0.1, 0.15) is 29.9 Å². The molecule has 0 heterocycles. The molecule has 1 N–H and O–H groups in total. The summed E-state index contributed by atoms with van der Waals surface area (Å²) in [6, 6.07) is 8.75. The van der Waals surface area contributed by atoms with Crippen molar-refractivity contribution >= 4 is 0 Å². The van der Waals surface area contributed by atoms with Gasteiger partial charge in [0.15, 0.2) is 0 Å². The van der Waals surface area contributed by atoms with Gasteiger partial charge in [-0.3, -0.25) is 0 Å². The molecule has 14 heavy (non-hydrogen) atoms. The molecule has 0 aromatic heterocycles. The van der Waals surface area contributed by atoms with Crippen molar-refractivity contribution in [3.8, 4) is 0 Å². The summed E-state index contributed by atoms with van der Waals surface area (Å²) >= 11 is 0. The summed E-state index contributed by atoms with van der Waals surface area (Å²) in [5, 5.41) is 0. The van der Waals surface area contributed by atoms with Crippen molar-refractivity contribution in [1.29, 1.82) is 0 Å². The van der Waals surface area contributed by atoms with Crippen molar-refractivity contribution in [2.45, 2.75) is 25.2 Å². The Morgan fingerprint density at radius 3 is 3.14 bits per heavy atom. The quantitative estimate of drug-likeness (QED) is 0.740. The van der Waals surface area contributed by atoms with E-state index in [-0.39, 0.29) is 0 Å². The van der Waals surface area contributed by atoms with E-state index >= 15 is 0 Å². The SMILES string of the molecule is CONC[C@H]1CCCc2ccccc21.